The molecule has 1 unspecified atom stereocenters. The number of ketones is 1. The first-order valence-electron chi connectivity index (χ1n) is 11.9. The first kappa shape index (κ1) is 25.7. The molecule has 0 aliphatic carbocycles. The Kier molecular flexibility index (Phi) is 8.02. The van der Waals surface area contributed by atoms with Gasteiger partial charge < -0.3 is 24.0 Å². The number of Topliss-reactive ketones (excluding diaryl/α,β-unsaturated/α-hetero) is 1. The molecular weight excluding hydrogens is 477 g/mol. The predicted octanol–water partition coefficient (Wildman–Crippen LogP) is 4.50. The van der Waals surface area contributed by atoms with Gasteiger partial charge in [-0.3, -0.25) is 9.59 Å². The Bertz CT molecular complexity index is 1300. The monoisotopic (exact) mass is 505 g/mol. The number of imidazole rings is 1. The SMILES string of the molecule is C=CCOc1ccc(C2/C(=C(\O)c3ccc(F)cc3)C(=O)C(=O)N2CCCn2ccnc2)cc1OCC. The molecule has 0 bridgehead atoms. The lowest BCUT2D eigenvalue weighted by Gasteiger charge is -2.26. The molecule has 9 heteroatoms. The molecule has 1 aromatic heterocycles. The number of carbonyl (C=O) groups excluding carboxylic acids is 2. The van der Waals surface area contributed by atoms with E-state index in [0.717, 1.165) is 0 Å². The van der Waals surface area contributed by atoms with Crippen LogP contribution in [-0.4, -0.2) is 51.0 Å². The van der Waals surface area contributed by atoms with Crippen LogP contribution in [0, 0.1) is 5.82 Å². The first-order valence-corrected chi connectivity index (χ1v) is 11.9. The summed E-state index contributed by atoms with van der Waals surface area (Å²) in [6.07, 6.45) is 7.32. The Morgan fingerprint density at radius 2 is 1.92 bits per heavy atom. The first-order chi connectivity index (χ1) is 17.9. The van der Waals surface area contributed by atoms with E-state index in [4.69, 9.17) is 9.47 Å². The lowest BCUT2D eigenvalue weighted by atomic mass is 9.95. The molecule has 1 aliphatic rings. The summed E-state index contributed by atoms with van der Waals surface area (Å²) in [5, 5.41) is 11.1. The van der Waals surface area contributed by atoms with Crippen molar-refractivity contribution in [2.45, 2.75) is 25.9 Å². The number of halogens is 1. The average molecular weight is 506 g/mol. The van der Waals surface area contributed by atoms with Crippen molar-refractivity contribution in [3.63, 3.8) is 0 Å². The van der Waals surface area contributed by atoms with Crippen LogP contribution in [0.3, 0.4) is 0 Å². The van der Waals surface area contributed by atoms with Gasteiger partial charge in [0.2, 0.25) is 0 Å². The zero-order valence-electron chi connectivity index (χ0n) is 20.5. The third-order valence-corrected chi connectivity index (χ3v) is 5.97. The third kappa shape index (κ3) is 5.55. The highest BCUT2D eigenvalue weighted by molar-refractivity contribution is 6.46. The number of amides is 1. The van der Waals surface area contributed by atoms with E-state index in [2.05, 4.69) is 11.6 Å². The predicted molar refractivity (Wildman–Crippen MR) is 136 cm³/mol. The third-order valence-electron chi connectivity index (χ3n) is 5.97. The van der Waals surface area contributed by atoms with Gasteiger partial charge in [-0.25, -0.2) is 9.37 Å². The number of hydrogen-bond donors (Lipinski definition) is 1. The summed E-state index contributed by atoms with van der Waals surface area (Å²) in [7, 11) is 0. The maximum absolute atomic E-state index is 13.5. The Balaban J connectivity index is 1.77. The van der Waals surface area contributed by atoms with Gasteiger partial charge in [-0.2, -0.15) is 0 Å². The molecule has 37 heavy (non-hydrogen) atoms. The molecule has 4 rings (SSSR count). The van der Waals surface area contributed by atoms with Crippen LogP contribution in [0.5, 0.6) is 11.5 Å². The molecule has 0 spiro atoms. The average Bonchev–Trinajstić information content (AvgIpc) is 3.50. The number of aliphatic hydroxyl groups is 1. The van der Waals surface area contributed by atoms with Crippen LogP contribution in [-0.2, 0) is 16.1 Å². The molecule has 1 N–H and O–H groups in total. The van der Waals surface area contributed by atoms with Crippen LogP contribution >= 0.6 is 0 Å². The van der Waals surface area contributed by atoms with E-state index < -0.39 is 23.5 Å². The van der Waals surface area contributed by atoms with Crippen LogP contribution in [0.25, 0.3) is 5.76 Å². The number of aliphatic hydroxyl groups excluding tert-OH is 1. The smallest absolute Gasteiger partial charge is 0.295 e. The highest BCUT2D eigenvalue weighted by Crippen LogP contribution is 2.42. The molecule has 2 aromatic carbocycles. The second kappa shape index (κ2) is 11.6. The Labute approximate surface area is 214 Å². The largest absolute Gasteiger partial charge is 0.507 e. The maximum atomic E-state index is 13.5. The van der Waals surface area contributed by atoms with E-state index in [-0.39, 0.29) is 30.0 Å². The lowest BCUT2D eigenvalue weighted by Crippen LogP contribution is -2.31. The molecule has 0 radical (unpaired) electrons. The summed E-state index contributed by atoms with van der Waals surface area (Å²) < 4.78 is 26.8. The fourth-order valence-corrected chi connectivity index (χ4v) is 4.29. The van der Waals surface area contributed by atoms with Crippen molar-refractivity contribution in [3.8, 4) is 11.5 Å². The van der Waals surface area contributed by atoms with Gasteiger partial charge in [0.1, 0.15) is 18.2 Å². The Morgan fingerprint density at radius 3 is 2.59 bits per heavy atom. The molecule has 1 amide bonds. The second-order valence-electron chi connectivity index (χ2n) is 8.39. The number of likely N-dealkylation sites (tertiary alicyclic amines) is 1. The van der Waals surface area contributed by atoms with Gasteiger partial charge in [0.25, 0.3) is 11.7 Å². The van der Waals surface area contributed by atoms with E-state index >= 15 is 0 Å². The highest BCUT2D eigenvalue weighted by Gasteiger charge is 2.46. The van der Waals surface area contributed by atoms with Gasteiger partial charge in [0, 0.05) is 31.0 Å². The van der Waals surface area contributed by atoms with Crippen LogP contribution in [0.15, 0.2) is 79.4 Å². The molecule has 8 nitrogen and oxygen atoms in total. The molecular formula is C28H28FN3O5. The number of carbonyl (C=O) groups is 2. The van der Waals surface area contributed by atoms with Gasteiger partial charge in [0.15, 0.2) is 11.5 Å². The molecule has 192 valence electrons. The summed E-state index contributed by atoms with van der Waals surface area (Å²) in [5.74, 6) is -1.45. The van der Waals surface area contributed by atoms with Crippen molar-refractivity contribution in [2.24, 2.45) is 0 Å². The molecule has 1 aliphatic heterocycles. The summed E-state index contributed by atoms with van der Waals surface area (Å²) in [5.41, 5.74) is 0.736. The molecule has 3 aromatic rings. The van der Waals surface area contributed by atoms with Crippen LogP contribution < -0.4 is 9.47 Å². The van der Waals surface area contributed by atoms with Crippen molar-refractivity contribution in [1.82, 2.24) is 14.5 Å². The summed E-state index contributed by atoms with van der Waals surface area (Å²) in [4.78, 5) is 31.9. The molecule has 1 fully saturated rings. The minimum atomic E-state index is -0.875. The van der Waals surface area contributed by atoms with E-state index in [0.29, 0.717) is 36.6 Å². The van der Waals surface area contributed by atoms with Gasteiger partial charge in [0.05, 0.1) is 24.5 Å². The van der Waals surface area contributed by atoms with Crippen LogP contribution in [0.1, 0.15) is 30.5 Å². The summed E-state index contributed by atoms with van der Waals surface area (Å²) in [6.45, 7) is 6.98. The van der Waals surface area contributed by atoms with Crippen molar-refractivity contribution in [2.75, 3.05) is 19.8 Å². The quantitative estimate of drug-likeness (QED) is 0.179. The number of nitrogens with zero attached hydrogens (tertiary/aromatic N) is 3. The Hall–Kier alpha value is -4.40. The fourth-order valence-electron chi connectivity index (χ4n) is 4.29. The van der Waals surface area contributed by atoms with E-state index in [1.807, 2.05) is 17.7 Å². The molecule has 0 saturated carbocycles. The number of aromatic nitrogens is 2. The maximum Gasteiger partial charge on any atom is 0.295 e. The number of hydrogen-bond acceptors (Lipinski definition) is 6. The number of aryl methyl sites for hydroxylation is 1. The Morgan fingerprint density at radius 1 is 1.14 bits per heavy atom. The molecule has 1 atom stereocenters. The van der Waals surface area contributed by atoms with Gasteiger partial charge >= 0.3 is 0 Å². The highest BCUT2D eigenvalue weighted by atomic mass is 19.1. The van der Waals surface area contributed by atoms with Gasteiger partial charge in [-0.1, -0.05) is 18.7 Å². The zero-order valence-corrected chi connectivity index (χ0v) is 20.5. The van der Waals surface area contributed by atoms with Gasteiger partial charge in [-0.15, -0.1) is 0 Å². The lowest BCUT2D eigenvalue weighted by molar-refractivity contribution is -0.139. The fraction of sp³-hybridized carbons (Fsp3) is 0.250. The van der Waals surface area contributed by atoms with E-state index in [1.165, 1.54) is 29.2 Å². The standard InChI is InChI=1S/C28H28FN3O5/c1-3-16-37-22-11-8-20(17-23(22)36-4-2)25-24(26(33)19-6-9-21(29)10-7-19)27(34)28(35)32(25)14-5-13-31-15-12-30-18-31/h3,6-12,15,17-18,25,33H,1,4-5,13-14,16H2,2H3/b26-24+. The van der Waals surface area contributed by atoms with Crippen LogP contribution in [0.2, 0.25) is 0 Å². The topological polar surface area (TPSA) is 93.9 Å². The van der Waals surface area contributed by atoms with Crippen molar-refractivity contribution >= 4 is 17.4 Å². The molecule has 1 saturated heterocycles. The minimum Gasteiger partial charge on any atom is -0.507 e. The van der Waals surface area contributed by atoms with Crippen molar-refractivity contribution in [1.29, 1.82) is 0 Å². The summed E-state index contributed by atoms with van der Waals surface area (Å²) in [6, 6.07) is 9.37. The van der Waals surface area contributed by atoms with E-state index in [9.17, 15) is 19.1 Å². The number of rotatable bonds is 11. The van der Waals surface area contributed by atoms with Gasteiger partial charge in [-0.05, 0) is 55.3 Å². The number of ether oxygens (including phenoxy) is 2. The van der Waals surface area contributed by atoms with Crippen molar-refractivity contribution < 1.29 is 28.6 Å². The second-order valence-corrected chi connectivity index (χ2v) is 8.39. The minimum absolute atomic E-state index is 0.0681. The zero-order chi connectivity index (χ0) is 26.4. The van der Waals surface area contributed by atoms with Crippen LogP contribution in [0.4, 0.5) is 4.39 Å². The normalized spacial score (nSPS) is 16.7. The number of benzene rings is 2. The molecule has 2 heterocycles. The summed E-state index contributed by atoms with van der Waals surface area (Å²) >= 11 is 0. The van der Waals surface area contributed by atoms with Crippen molar-refractivity contribution in [3.05, 3.63) is 96.4 Å². The van der Waals surface area contributed by atoms with E-state index in [1.54, 1.807) is 36.8 Å².